The molecule has 2 aromatic carbocycles. The van der Waals surface area contributed by atoms with Gasteiger partial charge < -0.3 is 15.4 Å². The second-order valence-corrected chi connectivity index (χ2v) is 7.14. The Hall–Kier alpha value is -2.33. The van der Waals surface area contributed by atoms with Crippen LogP contribution >= 0.6 is 0 Å². The van der Waals surface area contributed by atoms with Crippen LogP contribution in [-0.4, -0.2) is 18.1 Å². The Balaban J connectivity index is 1.57. The highest BCUT2D eigenvalue weighted by molar-refractivity contribution is 5.94. The lowest BCUT2D eigenvalue weighted by atomic mass is 10.0. The monoisotopic (exact) mass is 338 g/mol. The minimum absolute atomic E-state index is 0.0226. The summed E-state index contributed by atoms with van der Waals surface area (Å²) in [4.78, 5) is 11.9. The van der Waals surface area contributed by atoms with Gasteiger partial charge in [-0.3, -0.25) is 4.79 Å². The first-order valence-electron chi connectivity index (χ1n) is 8.85. The van der Waals surface area contributed by atoms with Gasteiger partial charge in [-0.1, -0.05) is 24.3 Å². The minimum Gasteiger partial charge on any atom is -0.487 e. The molecular weight excluding hydrogens is 312 g/mol. The molecule has 0 aliphatic carbocycles. The van der Waals surface area contributed by atoms with Crippen molar-refractivity contribution in [2.75, 3.05) is 6.54 Å². The van der Waals surface area contributed by atoms with Crippen molar-refractivity contribution in [3.63, 3.8) is 0 Å². The van der Waals surface area contributed by atoms with Gasteiger partial charge in [0, 0.05) is 31.6 Å². The number of fused-ring (bicyclic) bond motifs is 1. The number of amides is 1. The van der Waals surface area contributed by atoms with E-state index in [1.807, 2.05) is 31.2 Å². The summed E-state index contributed by atoms with van der Waals surface area (Å²) in [6.45, 7) is 8.32. The van der Waals surface area contributed by atoms with E-state index in [2.05, 4.69) is 42.7 Å². The molecule has 0 aromatic heterocycles. The number of hydrogen-bond donors (Lipinski definition) is 2. The van der Waals surface area contributed by atoms with E-state index in [0.717, 1.165) is 30.8 Å². The van der Waals surface area contributed by atoms with Crippen LogP contribution in [-0.2, 0) is 19.5 Å². The van der Waals surface area contributed by atoms with Crippen LogP contribution in [0.5, 0.6) is 5.75 Å². The molecule has 0 fully saturated rings. The summed E-state index contributed by atoms with van der Waals surface area (Å²) in [7, 11) is 0. The largest absolute Gasteiger partial charge is 0.487 e. The van der Waals surface area contributed by atoms with Crippen LogP contribution in [0.15, 0.2) is 42.5 Å². The Bertz CT molecular complexity index is 768. The average Bonchev–Trinajstić information content (AvgIpc) is 2.88. The van der Waals surface area contributed by atoms with Gasteiger partial charge in [-0.25, -0.2) is 0 Å². The molecule has 3 rings (SSSR count). The number of nitrogens with one attached hydrogen (secondary N) is 2. The van der Waals surface area contributed by atoms with Crippen LogP contribution in [0.2, 0.25) is 0 Å². The molecule has 25 heavy (non-hydrogen) atoms. The summed E-state index contributed by atoms with van der Waals surface area (Å²) in [5.41, 5.74) is 4.24. The van der Waals surface area contributed by atoms with Crippen molar-refractivity contribution in [3.05, 3.63) is 64.7 Å². The second-order valence-electron chi connectivity index (χ2n) is 7.14. The smallest absolute Gasteiger partial charge is 0.251 e. The first-order valence-corrected chi connectivity index (χ1v) is 8.85. The zero-order valence-electron chi connectivity index (χ0n) is 15.2. The lowest BCUT2D eigenvalue weighted by molar-refractivity contribution is 0.0955. The van der Waals surface area contributed by atoms with Crippen molar-refractivity contribution in [3.8, 4) is 5.75 Å². The van der Waals surface area contributed by atoms with E-state index in [-0.39, 0.29) is 11.5 Å². The third-order valence-electron chi connectivity index (χ3n) is 4.31. The molecule has 2 aromatic rings. The Labute approximate surface area is 149 Å². The van der Waals surface area contributed by atoms with Crippen molar-refractivity contribution in [2.24, 2.45) is 0 Å². The van der Waals surface area contributed by atoms with Crippen LogP contribution in [0.4, 0.5) is 0 Å². The van der Waals surface area contributed by atoms with Crippen LogP contribution < -0.4 is 15.4 Å². The fourth-order valence-corrected chi connectivity index (χ4v) is 3.21. The standard InChI is InChI=1S/C21H26N2O2/c1-4-23-20(24)17-7-5-6-15(10-17)13-22-14-16-8-9-19-18(11-16)12-21(2,3)25-19/h5-11,22H,4,12-14H2,1-3H3,(H,23,24). The zero-order valence-corrected chi connectivity index (χ0v) is 15.2. The van der Waals surface area contributed by atoms with Crippen molar-refractivity contribution in [2.45, 2.75) is 45.9 Å². The van der Waals surface area contributed by atoms with Gasteiger partial charge in [-0.05, 0) is 55.7 Å². The van der Waals surface area contributed by atoms with Crippen LogP contribution in [0.3, 0.4) is 0 Å². The Morgan fingerprint density at radius 2 is 1.88 bits per heavy atom. The molecule has 1 amide bonds. The molecule has 4 nitrogen and oxygen atoms in total. The quantitative estimate of drug-likeness (QED) is 0.848. The molecular formula is C21H26N2O2. The maximum atomic E-state index is 11.9. The maximum absolute atomic E-state index is 11.9. The molecule has 0 bridgehead atoms. The molecule has 0 radical (unpaired) electrons. The number of carbonyl (C=O) groups excluding carboxylic acids is 1. The SMILES string of the molecule is CCNC(=O)c1cccc(CNCc2ccc3c(c2)CC(C)(C)O3)c1. The molecule has 0 saturated carbocycles. The van der Waals surface area contributed by atoms with E-state index in [9.17, 15) is 4.79 Å². The number of hydrogen-bond acceptors (Lipinski definition) is 3. The highest BCUT2D eigenvalue weighted by Crippen LogP contribution is 2.35. The molecule has 1 aliphatic rings. The number of rotatable bonds is 6. The van der Waals surface area contributed by atoms with Crippen molar-refractivity contribution in [1.82, 2.24) is 10.6 Å². The third kappa shape index (κ3) is 4.40. The van der Waals surface area contributed by atoms with Gasteiger partial charge in [0.05, 0.1) is 0 Å². The Morgan fingerprint density at radius 1 is 1.12 bits per heavy atom. The summed E-state index contributed by atoms with van der Waals surface area (Å²) in [5, 5.41) is 6.29. The lowest BCUT2D eigenvalue weighted by Gasteiger charge is -2.16. The first-order chi connectivity index (χ1) is 12.0. The predicted octanol–water partition coefficient (Wildman–Crippen LogP) is 3.44. The van der Waals surface area contributed by atoms with E-state index < -0.39 is 0 Å². The highest BCUT2D eigenvalue weighted by atomic mass is 16.5. The Kier molecular flexibility index (Phi) is 5.09. The highest BCUT2D eigenvalue weighted by Gasteiger charge is 2.29. The number of benzene rings is 2. The van der Waals surface area contributed by atoms with Gasteiger partial charge >= 0.3 is 0 Å². The maximum Gasteiger partial charge on any atom is 0.251 e. The summed E-state index contributed by atoms with van der Waals surface area (Å²) in [6, 6.07) is 14.1. The van der Waals surface area contributed by atoms with E-state index in [0.29, 0.717) is 12.1 Å². The van der Waals surface area contributed by atoms with Gasteiger partial charge in [-0.2, -0.15) is 0 Å². The molecule has 0 saturated heterocycles. The fourth-order valence-electron chi connectivity index (χ4n) is 3.21. The van der Waals surface area contributed by atoms with E-state index >= 15 is 0 Å². The zero-order chi connectivity index (χ0) is 17.9. The van der Waals surface area contributed by atoms with Gasteiger partial charge in [0.15, 0.2) is 0 Å². The topological polar surface area (TPSA) is 50.4 Å². The van der Waals surface area contributed by atoms with Crippen LogP contribution in [0.1, 0.15) is 47.8 Å². The van der Waals surface area contributed by atoms with E-state index in [4.69, 9.17) is 4.74 Å². The summed E-state index contributed by atoms with van der Waals surface area (Å²) in [6.07, 6.45) is 0.949. The second kappa shape index (κ2) is 7.28. The third-order valence-corrected chi connectivity index (χ3v) is 4.31. The fraction of sp³-hybridized carbons (Fsp3) is 0.381. The molecule has 0 unspecified atom stereocenters. The van der Waals surface area contributed by atoms with Gasteiger partial charge in [0.2, 0.25) is 0 Å². The molecule has 1 heterocycles. The van der Waals surface area contributed by atoms with E-state index in [1.165, 1.54) is 11.1 Å². The lowest BCUT2D eigenvalue weighted by Crippen LogP contribution is -2.24. The molecule has 0 spiro atoms. The first kappa shape index (κ1) is 17.5. The van der Waals surface area contributed by atoms with Gasteiger partial charge in [0.1, 0.15) is 11.4 Å². The number of carbonyl (C=O) groups is 1. The summed E-state index contributed by atoms with van der Waals surface area (Å²) in [5.74, 6) is 0.981. The van der Waals surface area contributed by atoms with Crippen LogP contribution in [0, 0.1) is 0 Å². The molecule has 2 N–H and O–H groups in total. The van der Waals surface area contributed by atoms with Crippen molar-refractivity contribution >= 4 is 5.91 Å². The Morgan fingerprint density at radius 3 is 2.64 bits per heavy atom. The minimum atomic E-state index is -0.103. The molecule has 1 aliphatic heterocycles. The molecule has 132 valence electrons. The van der Waals surface area contributed by atoms with Crippen molar-refractivity contribution in [1.29, 1.82) is 0 Å². The average molecular weight is 338 g/mol. The summed E-state index contributed by atoms with van der Waals surface area (Å²) >= 11 is 0. The number of ether oxygens (including phenoxy) is 1. The van der Waals surface area contributed by atoms with Gasteiger partial charge in [-0.15, -0.1) is 0 Å². The van der Waals surface area contributed by atoms with Gasteiger partial charge in [0.25, 0.3) is 5.91 Å². The molecule has 4 heteroatoms. The summed E-state index contributed by atoms with van der Waals surface area (Å²) < 4.78 is 5.92. The van der Waals surface area contributed by atoms with Crippen molar-refractivity contribution < 1.29 is 9.53 Å². The predicted molar refractivity (Wildman–Crippen MR) is 99.8 cm³/mol. The molecule has 0 atom stereocenters. The normalized spacial score (nSPS) is 14.7. The van der Waals surface area contributed by atoms with Crippen LogP contribution in [0.25, 0.3) is 0 Å². The van der Waals surface area contributed by atoms with E-state index in [1.54, 1.807) is 0 Å².